The molecule has 0 heterocycles. The molecule has 0 aliphatic heterocycles. The minimum atomic E-state index is -0.665. The molecule has 0 unspecified atom stereocenters. The van der Waals surface area contributed by atoms with Crippen molar-refractivity contribution in [1.82, 2.24) is 0 Å². The standard InChI is InChI=1S/C17H32O2/c1-3-4-5-10-13-16(2)14-11-8-6-7-9-12-15-17(18)19/h14H,3-13,15H2,1-2H3,(H,18,19)/b16-14-. The molecule has 2 heteroatoms. The molecule has 0 radical (unpaired) electrons. The lowest BCUT2D eigenvalue weighted by molar-refractivity contribution is -0.137. The van der Waals surface area contributed by atoms with E-state index >= 15 is 0 Å². The zero-order chi connectivity index (χ0) is 14.3. The fourth-order valence-electron chi connectivity index (χ4n) is 2.23. The summed E-state index contributed by atoms with van der Waals surface area (Å²) < 4.78 is 0. The Hall–Kier alpha value is -0.790. The van der Waals surface area contributed by atoms with Crippen molar-refractivity contribution >= 4 is 5.97 Å². The van der Waals surface area contributed by atoms with E-state index in [4.69, 9.17) is 5.11 Å². The van der Waals surface area contributed by atoms with Crippen LogP contribution in [0.4, 0.5) is 0 Å². The maximum Gasteiger partial charge on any atom is 0.303 e. The van der Waals surface area contributed by atoms with Gasteiger partial charge in [0.25, 0.3) is 0 Å². The van der Waals surface area contributed by atoms with Crippen molar-refractivity contribution < 1.29 is 9.90 Å². The largest absolute Gasteiger partial charge is 0.481 e. The van der Waals surface area contributed by atoms with Crippen molar-refractivity contribution in [2.45, 2.75) is 90.9 Å². The molecular formula is C17H32O2. The summed E-state index contributed by atoms with van der Waals surface area (Å²) in [6.45, 7) is 4.50. The number of hydrogen-bond acceptors (Lipinski definition) is 1. The van der Waals surface area contributed by atoms with E-state index in [9.17, 15) is 4.79 Å². The lowest BCUT2D eigenvalue weighted by Crippen LogP contribution is -1.93. The predicted molar refractivity (Wildman–Crippen MR) is 82.5 cm³/mol. The minimum absolute atomic E-state index is 0.330. The van der Waals surface area contributed by atoms with Crippen LogP contribution in [0.2, 0.25) is 0 Å². The van der Waals surface area contributed by atoms with Gasteiger partial charge in [0.05, 0.1) is 0 Å². The number of allylic oxidation sites excluding steroid dienone is 2. The van der Waals surface area contributed by atoms with Gasteiger partial charge < -0.3 is 5.11 Å². The number of carboxylic acids is 1. The van der Waals surface area contributed by atoms with Gasteiger partial charge in [-0.1, -0.05) is 57.1 Å². The Kier molecular flexibility index (Phi) is 13.1. The molecule has 0 saturated carbocycles. The topological polar surface area (TPSA) is 37.3 Å². The van der Waals surface area contributed by atoms with Gasteiger partial charge in [-0.15, -0.1) is 0 Å². The highest BCUT2D eigenvalue weighted by Crippen LogP contribution is 2.12. The van der Waals surface area contributed by atoms with Gasteiger partial charge in [-0.3, -0.25) is 4.79 Å². The van der Waals surface area contributed by atoms with E-state index < -0.39 is 5.97 Å². The summed E-state index contributed by atoms with van der Waals surface area (Å²) in [5.41, 5.74) is 1.54. The van der Waals surface area contributed by atoms with Gasteiger partial charge in [0.1, 0.15) is 0 Å². The van der Waals surface area contributed by atoms with E-state index in [0.717, 1.165) is 12.8 Å². The smallest absolute Gasteiger partial charge is 0.303 e. The Balaban J connectivity index is 3.29. The van der Waals surface area contributed by atoms with E-state index in [-0.39, 0.29) is 0 Å². The van der Waals surface area contributed by atoms with Crippen LogP contribution in [0.5, 0.6) is 0 Å². The third-order valence-electron chi connectivity index (χ3n) is 3.51. The zero-order valence-corrected chi connectivity index (χ0v) is 12.9. The molecule has 0 aliphatic rings. The highest BCUT2D eigenvalue weighted by molar-refractivity contribution is 5.66. The lowest BCUT2D eigenvalue weighted by Gasteiger charge is -2.02. The van der Waals surface area contributed by atoms with Gasteiger partial charge in [-0.25, -0.2) is 0 Å². The first-order chi connectivity index (χ1) is 9.16. The Morgan fingerprint density at radius 1 is 0.895 bits per heavy atom. The van der Waals surface area contributed by atoms with E-state index in [1.807, 2.05) is 0 Å². The van der Waals surface area contributed by atoms with E-state index in [1.165, 1.54) is 57.8 Å². The zero-order valence-electron chi connectivity index (χ0n) is 12.9. The van der Waals surface area contributed by atoms with Crippen LogP contribution < -0.4 is 0 Å². The molecule has 0 aromatic carbocycles. The van der Waals surface area contributed by atoms with Crippen molar-refractivity contribution in [2.75, 3.05) is 0 Å². The Morgan fingerprint density at radius 3 is 2.16 bits per heavy atom. The third-order valence-corrected chi connectivity index (χ3v) is 3.51. The monoisotopic (exact) mass is 268 g/mol. The first-order valence-electron chi connectivity index (χ1n) is 8.04. The number of aliphatic carboxylic acids is 1. The van der Waals surface area contributed by atoms with E-state index in [2.05, 4.69) is 19.9 Å². The second kappa shape index (κ2) is 13.6. The minimum Gasteiger partial charge on any atom is -0.481 e. The molecule has 112 valence electrons. The highest BCUT2D eigenvalue weighted by Gasteiger charge is 1.96. The molecule has 0 bridgehead atoms. The van der Waals surface area contributed by atoms with Crippen molar-refractivity contribution in [3.63, 3.8) is 0 Å². The van der Waals surface area contributed by atoms with Gasteiger partial charge in [-0.05, 0) is 39.0 Å². The number of hydrogen-bond donors (Lipinski definition) is 1. The van der Waals surface area contributed by atoms with Crippen LogP contribution in [0.25, 0.3) is 0 Å². The molecule has 1 N–H and O–H groups in total. The van der Waals surface area contributed by atoms with Gasteiger partial charge in [0.15, 0.2) is 0 Å². The summed E-state index contributed by atoms with van der Waals surface area (Å²) in [6, 6.07) is 0. The summed E-state index contributed by atoms with van der Waals surface area (Å²) in [5, 5.41) is 8.51. The second-order valence-corrected chi connectivity index (χ2v) is 5.56. The van der Waals surface area contributed by atoms with Crippen LogP contribution in [0.1, 0.15) is 90.9 Å². The van der Waals surface area contributed by atoms with Crippen molar-refractivity contribution in [3.8, 4) is 0 Å². The Morgan fingerprint density at radius 2 is 1.47 bits per heavy atom. The van der Waals surface area contributed by atoms with Crippen LogP contribution in [0, 0.1) is 0 Å². The molecular weight excluding hydrogens is 236 g/mol. The molecule has 0 spiro atoms. The molecule has 0 aliphatic carbocycles. The van der Waals surface area contributed by atoms with Crippen LogP contribution in [0.15, 0.2) is 11.6 Å². The molecule has 0 aromatic heterocycles. The second-order valence-electron chi connectivity index (χ2n) is 5.56. The Bertz CT molecular complexity index is 244. The maximum absolute atomic E-state index is 10.3. The molecule has 2 nitrogen and oxygen atoms in total. The number of carboxylic acid groups (broad SMARTS) is 1. The van der Waals surface area contributed by atoms with Crippen LogP contribution in [0.3, 0.4) is 0 Å². The van der Waals surface area contributed by atoms with E-state index in [1.54, 1.807) is 5.57 Å². The van der Waals surface area contributed by atoms with Gasteiger partial charge in [0, 0.05) is 6.42 Å². The summed E-state index contributed by atoms with van der Waals surface area (Å²) in [5.74, 6) is -0.665. The number of rotatable bonds is 13. The predicted octanol–water partition coefficient (Wildman–Crippen LogP) is 5.72. The van der Waals surface area contributed by atoms with Crippen LogP contribution in [-0.4, -0.2) is 11.1 Å². The molecule has 0 rings (SSSR count). The summed E-state index contributed by atoms with van der Waals surface area (Å²) in [6.07, 6.45) is 16.1. The van der Waals surface area contributed by atoms with Crippen molar-refractivity contribution in [1.29, 1.82) is 0 Å². The number of carbonyl (C=O) groups is 1. The lowest BCUT2D eigenvalue weighted by atomic mass is 10.0. The SMILES string of the molecule is CCCCCC/C(C)=C\CCCCCCCC(=O)O. The number of unbranched alkanes of at least 4 members (excludes halogenated alkanes) is 8. The third kappa shape index (κ3) is 15.2. The van der Waals surface area contributed by atoms with Crippen LogP contribution >= 0.6 is 0 Å². The highest BCUT2D eigenvalue weighted by atomic mass is 16.4. The summed E-state index contributed by atoms with van der Waals surface area (Å²) in [7, 11) is 0. The van der Waals surface area contributed by atoms with Gasteiger partial charge >= 0.3 is 5.97 Å². The average Bonchev–Trinajstić information content (AvgIpc) is 2.37. The van der Waals surface area contributed by atoms with Gasteiger partial charge in [-0.2, -0.15) is 0 Å². The van der Waals surface area contributed by atoms with Crippen LogP contribution in [-0.2, 0) is 4.79 Å². The molecule has 0 fully saturated rings. The molecule has 0 amide bonds. The normalized spacial score (nSPS) is 11.8. The van der Waals surface area contributed by atoms with Crippen molar-refractivity contribution in [3.05, 3.63) is 11.6 Å². The molecule has 0 atom stereocenters. The van der Waals surface area contributed by atoms with Gasteiger partial charge in [0.2, 0.25) is 0 Å². The first-order valence-corrected chi connectivity index (χ1v) is 8.04. The van der Waals surface area contributed by atoms with Crippen molar-refractivity contribution in [2.24, 2.45) is 0 Å². The quantitative estimate of drug-likeness (QED) is 0.343. The summed E-state index contributed by atoms with van der Waals surface area (Å²) >= 11 is 0. The Labute approximate surface area is 119 Å². The molecule has 0 aromatic rings. The van der Waals surface area contributed by atoms with E-state index in [0.29, 0.717) is 6.42 Å². The maximum atomic E-state index is 10.3. The summed E-state index contributed by atoms with van der Waals surface area (Å²) in [4.78, 5) is 10.3. The molecule has 0 saturated heterocycles. The first kappa shape index (κ1) is 18.2. The molecule has 19 heavy (non-hydrogen) atoms. The average molecular weight is 268 g/mol. The fourth-order valence-corrected chi connectivity index (χ4v) is 2.23. The fraction of sp³-hybridized carbons (Fsp3) is 0.824.